The summed E-state index contributed by atoms with van der Waals surface area (Å²) in [5.74, 6) is 0.893. The summed E-state index contributed by atoms with van der Waals surface area (Å²) < 4.78 is 6.60. The van der Waals surface area contributed by atoms with E-state index in [9.17, 15) is 10.1 Å². The summed E-state index contributed by atoms with van der Waals surface area (Å²) in [5.41, 5.74) is -0.0168. The topological polar surface area (TPSA) is 70.2 Å². The SMILES string of the molecule is O=[N+]([O-])c1cnn(COCCSI)c1. The Bertz CT molecular complexity index is 306. The normalized spacial score (nSPS) is 10.4. The Hall–Kier alpha value is -0.350. The van der Waals surface area contributed by atoms with E-state index in [1.165, 1.54) is 17.1 Å². The predicted molar refractivity (Wildman–Crippen MR) is 61.3 cm³/mol. The molecule has 1 rings (SSSR count). The largest absolute Gasteiger partial charge is 0.358 e. The van der Waals surface area contributed by atoms with Crippen molar-refractivity contribution in [1.29, 1.82) is 0 Å². The fourth-order valence-corrected chi connectivity index (χ4v) is 1.49. The summed E-state index contributed by atoms with van der Waals surface area (Å²) in [6.45, 7) is 0.867. The molecule has 1 aromatic heterocycles. The molecule has 0 atom stereocenters. The highest BCUT2D eigenvalue weighted by molar-refractivity contribution is 14.2. The summed E-state index contributed by atoms with van der Waals surface area (Å²) >= 11 is 2.18. The molecular formula is C6H8IN3O3S. The lowest BCUT2D eigenvalue weighted by Crippen LogP contribution is -2.04. The molecule has 78 valence electrons. The summed E-state index contributed by atoms with van der Waals surface area (Å²) in [5, 5.41) is 14.1. The van der Waals surface area contributed by atoms with E-state index in [4.69, 9.17) is 4.74 Å². The lowest BCUT2D eigenvalue weighted by atomic mass is 10.6. The van der Waals surface area contributed by atoms with Gasteiger partial charge in [-0.15, -0.1) is 0 Å². The van der Waals surface area contributed by atoms with Crippen molar-refractivity contribution >= 4 is 35.8 Å². The first kappa shape index (κ1) is 11.7. The summed E-state index contributed by atoms with van der Waals surface area (Å²) in [6, 6.07) is 0. The van der Waals surface area contributed by atoms with Gasteiger partial charge in [0.1, 0.15) is 19.1 Å². The average Bonchev–Trinajstić information content (AvgIpc) is 2.61. The summed E-state index contributed by atoms with van der Waals surface area (Å²) in [4.78, 5) is 9.82. The van der Waals surface area contributed by atoms with Gasteiger partial charge >= 0.3 is 5.69 Å². The van der Waals surface area contributed by atoms with Crippen molar-refractivity contribution in [2.24, 2.45) is 0 Å². The van der Waals surface area contributed by atoms with Crippen molar-refractivity contribution in [3.05, 3.63) is 22.5 Å². The first-order valence-corrected chi connectivity index (χ1v) is 7.25. The third kappa shape index (κ3) is 3.80. The van der Waals surface area contributed by atoms with Crippen molar-refractivity contribution in [3.8, 4) is 0 Å². The molecule has 0 unspecified atom stereocenters. The molecule has 0 aliphatic carbocycles. The zero-order chi connectivity index (χ0) is 10.4. The van der Waals surface area contributed by atoms with Crippen LogP contribution in [0.25, 0.3) is 0 Å². The van der Waals surface area contributed by atoms with E-state index >= 15 is 0 Å². The average molecular weight is 329 g/mol. The molecule has 0 aliphatic heterocycles. The third-order valence-electron chi connectivity index (χ3n) is 1.36. The molecule has 8 heteroatoms. The molecule has 0 amide bonds. The molecule has 14 heavy (non-hydrogen) atoms. The van der Waals surface area contributed by atoms with E-state index in [-0.39, 0.29) is 12.4 Å². The van der Waals surface area contributed by atoms with Crippen LogP contribution in [0.2, 0.25) is 0 Å². The van der Waals surface area contributed by atoms with Gasteiger partial charge in [0.05, 0.1) is 11.5 Å². The van der Waals surface area contributed by atoms with Gasteiger partial charge in [0.15, 0.2) is 0 Å². The molecule has 0 spiro atoms. The van der Waals surface area contributed by atoms with E-state index in [1.807, 2.05) is 0 Å². The van der Waals surface area contributed by atoms with Crippen molar-refractivity contribution in [3.63, 3.8) is 0 Å². The van der Waals surface area contributed by atoms with Crippen LogP contribution in [0.15, 0.2) is 12.4 Å². The maximum absolute atomic E-state index is 10.3. The second kappa shape index (κ2) is 6.19. The lowest BCUT2D eigenvalue weighted by Gasteiger charge is -2.00. The number of aromatic nitrogens is 2. The van der Waals surface area contributed by atoms with Gasteiger partial charge in [0.2, 0.25) is 0 Å². The van der Waals surface area contributed by atoms with E-state index in [2.05, 4.69) is 26.3 Å². The van der Waals surface area contributed by atoms with Crippen molar-refractivity contribution in [2.75, 3.05) is 12.4 Å². The van der Waals surface area contributed by atoms with Crippen LogP contribution >= 0.6 is 30.1 Å². The number of nitrogens with zero attached hydrogens (tertiary/aromatic N) is 3. The zero-order valence-electron chi connectivity index (χ0n) is 7.13. The summed E-state index contributed by atoms with van der Waals surface area (Å²) in [7, 11) is 1.65. The molecule has 0 fully saturated rings. The Balaban J connectivity index is 2.33. The second-order valence-corrected chi connectivity index (χ2v) is 4.84. The van der Waals surface area contributed by atoms with Gasteiger partial charge in [-0.2, -0.15) is 5.10 Å². The van der Waals surface area contributed by atoms with Crippen LogP contribution < -0.4 is 0 Å². The van der Waals surface area contributed by atoms with Crippen LogP contribution in [0.3, 0.4) is 0 Å². The zero-order valence-corrected chi connectivity index (χ0v) is 10.1. The lowest BCUT2D eigenvalue weighted by molar-refractivity contribution is -0.385. The molecule has 0 saturated carbocycles. The second-order valence-electron chi connectivity index (χ2n) is 2.35. The minimum atomic E-state index is -0.482. The Morgan fingerprint density at radius 3 is 3.14 bits per heavy atom. The van der Waals surface area contributed by atoms with Crippen LogP contribution in [0, 0.1) is 10.1 Å². The van der Waals surface area contributed by atoms with E-state index in [0.717, 1.165) is 5.75 Å². The molecule has 1 aromatic rings. The molecule has 6 nitrogen and oxygen atoms in total. The van der Waals surface area contributed by atoms with E-state index in [1.54, 1.807) is 8.93 Å². The fourth-order valence-electron chi connectivity index (χ4n) is 0.766. The van der Waals surface area contributed by atoms with Crippen molar-refractivity contribution in [1.82, 2.24) is 9.78 Å². The molecular weight excluding hydrogens is 321 g/mol. The number of nitro groups is 1. The van der Waals surface area contributed by atoms with E-state index < -0.39 is 4.92 Å². The van der Waals surface area contributed by atoms with Gasteiger partial charge < -0.3 is 4.74 Å². The molecule has 0 aliphatic rings. The Morgan fingerprint density at radius 2 is 2.57 bits per heavy atom. The summed E-state index contributed by atoms with van der Waals surface area (Å²) in [6.07, 6.45) is 2.55. The van der Waals surface area contributed by atoms with Crippen LogP contribution in [-0.4, -0.2) is 27.1 Å². The minimum absolute atomic E-state index is 0.0168. The number of hydrogen-bond acceptors (Lipinski definition) is 5. The Kier molecular flexibility index (Phi) is 5.19. The van der Waals surface area contributed by atoms with Gasteiger partial charge in [-0.3, -0.25) is 10.1 Å². The van der Waals surface area contributed by atoms with Crippen molar-refractivity contribution < 1.29 is 9.66 Å². The highest BCUT2D eigenvalue weighted by atomic mass is 127. The highest BCUT2D eigenvalue weighted by Gasteiger charge is 2.07. The maximum Gasteiger partial charge on any atom is 0.307 e. The van der Waals surface area contributed by atoms with Gasteiger partial charge in [-0.1, -0.05) is 8.93 Å². The third-order valence-corrected chi connectivity index (χ3v) is 3.00. The van der Waals surface area contributed by atoms with Crippen molar-refractivity contribution in [2.45, 2.75) is 6.73 Å². The first-order valence-electron chi connectivity index (χ1n) is 3.72. The Morgan fingerprint density at radius 1 is 1.79 bits per heavy atom. The maximum atomic E-state index is 10.3. The number of hydrogen-bond donors (Lipinski definition) is 0. The van der Waals surface area contributed by atoms with Gasteiger partial charge in [-0.05, 0) is 21.2 Å². The Labute approximate surface area is 96.7 Å². The highest BCUT2D eigenvalue weighted by Crippen LogP contribution is 2.10. The smallest absolute Gasteiger partial charge is 0.307 e. The van der Waals surface area contributed by atoms with Gasteiger partial charge in [0, 0.05) is 5.75 Å². The van der Waals surface area contributed by atoms with Crippen LogP contribution in [0.1, 0.15) is 0 Å². The van der Waals surface area contributed by atoms with Gasteiger partial charge in [-0.25, -0.2) is 4.68 Å². The number of ether oxygens (including phenoxy) is 1. The predicted octanol–water partition coefficient (Wildman–Crippen LogP) is 1.85. The standard InChI is InChI=1S/C6H8IN3O3S/c7-14-2-1-13-5-9-4-6(3-8-9)10(11)12/h3-4H,1-2,5H2. The molecule has 0 aromatic carbocycles. The fraction of sp³-hybridized carbons (Fsp3) is 0.500. The molecule has 0 N–H and O–H groups in total. The monoisotopic (exact) mass is 329 g/mol. The molecule has 0 bridgehead atoms. The van der Waals surface area contributed by atoms with Crippen LogP contribution in [0.4, 0.5) is 5.69 Å². The van der Waals surface area contributed by atoms with E-state index in [0.29, 0.717) is 6.61 Å². The quantitative estimate of drug-likeness (QED) is 0.345. The minimum Gasteiger partial charge on any atom is -0.358 e. The number of halogens is 1. The van der Waals surface area contributed by atoms with Gasteiger partial charge in [0.25, 0.3) is 0 Å². The van der Waals surface area contributed by atoms with Crippen LogP contribution in [-0.2, 0) is 11.5 Å². The molecule has 0 radical (unpaired) electrons. The van der Waals surface area contributed by atoms with Crippen LogP contribution in [0.5, 0.6) is 0 Å². The molecule has 0 saturated heterocycles. The molecule has 1 heterocycles. The number of rotatable bonds is 6. The first-order chi connectivity index (χ1) is 6.74.